The Morgan fingerprint density at radius 1 is 0.781 bits per heavy atom. The van der Waals surface area contributed by atoms with E-state index in [1.54, 1.807) is 20.8 Å². The Labute approximate surface area is 183 Å². The third-order valence-corrected chi connectivity index (χ3v) is 3.54. The summed E-state index contributed by atoms with van der Waals surface area (Å²) in [7, 11) is 0. The molecule has 0 bridgehead atoms. The number of nitrogens with zero attached hydrogens (tertiary/aromatic N) is 1. The highest BCUT2D eigenvalue weighted by Gasteiger charge is 2.45. The summed E-state index contributed by atoms with van der Waals surface area (Å²) in [6.45, 7) is 7.67. The summed E-state index contributed by atoms with van der Waals surface area (Å²) in [6, 6.07) is 0. The standard InChI is InChI=1S/C19H25NO12/c1-9(16(25)31-19(4,5)6)28-17(26)14(29-10(2)21)15(30-11(3)22)18(27)32-20-12(23)7-8-13(20)24/h9,14-15H,7-8H2,1-6H3/t9?,14-,15-/m1/s1. The second-order valence-corrected chi connectivity index (χ2v) is 7.66. The van der Waals surface area contributed by atoms with Gasteiger partial charge in [0.05, 0.1) is 0 Å². The average Bonchev–Trinajstić information content (AvgIpc) is 2.94. The molecule has 13 nitrogen and oxygen atoms in total. The van der Waals surface area contributed by atoms with Crippen LogP contribution in [0.3, 0.4) is 0 Å². The van der Waals surface area contributed by atoms with Crippen LogP contribution in [0.1, 0.15) is 54.4 Å². The number of amides is 2. The lowest BCUT2D eigenvalue weighted by Gasteiger charge is -2.26. The van der Waals surface area contributed by atoms with E-state index in [-0.39, 0.29) is 17.9 Å². The van der Waals surface area contributed by atoms with Gasteiger partial charge in [0.2, 0.25) is 12.2 Å². The highest BCUT2D eigenvalue weighted by molar-refractivity contribution is 6.02. The van der Waals surface area contributed by atoms with Crippen LogP contribution in [0, 0.1) is 0 Å². The Morgan fingerprint density at radius 3 is 1.62 bits per heavy atom. The number of rotatable bonds is 8. The van der Waals surface area contributed by atoms with Crippen LogP contribution in [0.2, 0.25) is 0 Å². The van der Waals surface area contributed by atoms with Crippen LogP contribution in [0.25, 0.3) is 0 Å². The van der Waals surface area contributed by atoms with Crippen molar-refractivity contribution in [1.82, 2.24) is 5.06 Å². The minimum absolute atomic E-state index is 0.151. The molecule has 1 fully saturated rings. The van der Waals surface area contributed by atoms with E-state index in [9.17, 15) is 33.6 Å². The summed E-state index contributed by atoms with van der Waals surface area (Å²) in [5, 5.41) is 0.151. The van der Waals surface area contributed by atoms with Crippen LogP contribution in [0.15, 0.2) is 0 Å². The van der Waals surface area contributed by atoms with Gasteiger partial charge in [0.15, 0.2) is 6.10 Å². The summed E-state index contributed by atoms with van der Waals surface area (Å²) in [5.74, 6) is -7.78. The normalized spacial score (nSPS) is 16.5. The van der Waals surface area contributed by atoms with Crippen LogP contribution < -0.4 is 0 Å². The first kappa shape index (κ1) is 26.5. The lowest BCUT2D eigenvalue weighted by Crippen LogP contribution is -2.50. The van der Waals surface area contributed by atoms with Gasteiger partial charge in [0.25, 0.3) is 11.8 Å². The maximum absolute atomic E-state index is 12.6. The first-order valence-corrected chi connectivity index (χ1v) is 9.47. The van der Waals surface area contributed by atoms with Gasteiger partial charge in [-0.15, -0.1) is 5.06 Å². The van der Waals surface area contributed by atoms with E-state index in [1.807, 2.05) is 0 Å². The van der Waals surface area contributed by atoms with Gasteiger partial charge < -0.3 is 23.8 Å². The van der Waals surface area contributed by atoms with Gasteiger partial charge in [-0.3, -0.25) is 19.2 Å². The fourth-order valence-corrected chi connectivity index (χ4v) is 2.30. The summed E-state index contributed by atoms with van der Waals surface area (Å²) in [5.41, 5.74) is -0.897. The number of hydroxylamine groups is 2. The van der Waals surface area contributed by atoms with Crippen molar-refractivity contribution < 1.29 is 57.3 Å². The molecule has 0 aromatic rings. The molecule has 0 saturated carbocycles. The molecule has 1 heterocycles. The summed E-state index contributed by atoms with van der Waals surface area (Å²) in [6.07, 6.45) is -6.37. The van der Waals surface area contributed by atoms with Crippen molar-refractivity contribution in [2.75, 3.05) is 0 Å². The van der Waals surface area contributed by atoms with E-state index in [0.29, 0.717) is 0 Å². The maximum atomic E-state index is 12.6. The van der Waals surface area contributed by atoms with Crippen molar-refractivity contribution in [2.45, 2.75) is 78.3 Å². The van der Waals surface area contributed by atoms with E-state index in [4.69, 9.17) is 18.9 Å². The number of hydrogen-bond acceptors (Lipinski definition) is 12. The van der Waals surface area contributed by atoms with Crippen LogP contribution in [-0.2, 0) is 57.3 Å². The molecule has 1 rings (SSSR count). The highest BCUT2D eigenvalue weighted by atomic mass is 16.7. The van der Waals surface area contributed by atoms with E-state index < -0.39 is 65.6 Å². The van der Waals surface area contributed by atoms with Crippen LogP contribution >= 0.6 is 0 Å². The van der Waals surface area contributed by atoms with Gasteiger partial charge in [-0.25, -0.2) is 14.4 Å². The quantitative estimate of drug-likeness (QED) is 0.265. The van der Waals surface area contributed by atoms with Gasteiger partial charge >= 0.3 is 29.8 Å². The molecule has 0 N–H and O–H groups in total. The van der Waals surface area contributed by atoms with Crippen molar-refractivity contribution in [3.8, 4) is 0 Å². The predicted octanol–water partition coefficient (Wildman–Crippen LogP) is -0.270. The molecule has 1 aliphatic heterocycles. The molecular formula is C19H25NO12. The minimum atomic E-state index is -2.24. The zero-order valence-corrected chi connectivity index (χ0v) is 18.5. The second kappa shape index (κ2) is 10.7. The number of esters is 4. The number of ether oxygens (including phenoxy) is 4. The first-order valence-electron chi connectivity index (χ1n) is 9.47. The molecule has 0 aliphatic carbocycles. The van der Waals surface area contributed by atoms with E-state index in [2.05, 4.69) is 4.84 Å². The van der Waals surface area contributed by atoms with Gasteiger partial charge in [-0.05, 0) is 27.7 Å². The molecule has 178 valence electrons. The van der Waals surface area contributed by atoms with Gasteiger partial charge in [0, 0.05) is 26.7 Å². The molecule has 1 aliphatic rings. The molecule has 1 saturated heterocycles. The summed E-state index contributed by atoms with van der Waals surface area (Å²) in [4.78, 5) is 88.2. The van der Waals surface area contributed by atoms with Crippen LogP contribution in [0.4, 0.5) is 0 Å². The monoisotopic (exact) mass is 459 g/mol. The zero-order chi connectivity index (χ0) is 24.8. The van der Waals surface area contributed by atoms with Crippen molar-refractivity contribution in [3.63, 3.8) is 0 Å². The second-order valence-electron chi connectivity index (χ2n) is 7.66. The smallest absolute Gasteiger partial charge is 0.377 e. The Morgan fingerprint density at radius 2 is 1.22 bits per heavy atom. The average molecular weight is 459 g/mol. The lowest BCUT2D eigenvalue weighted by atomic mass is 10.2. The zero-order valence-electron chi connectivity index (χ0n) is 18.5. The summed E-state index contributed by atoms with van der Waals surface area (Å²) < 4.78 is 19.5. The van der Waals surface area contributed by atoms with Crippen LogP contribution in [-0.4, -0.2) is 70.6 Å². The third kappa shape index (κ3) is 7.96. The molecule has 0 aromatic heterocycles. The van der Waals surface area contributed by atoms with E-state index in [0.717, 1.165) is 20.8 Å². The molecule has 0 aromatic carbocycles. The first-order chi connectivity index (χ1) is 14.6. The van der Waals surface area contributed by atoms with Crippen molar-refractivity contribution in [3.05, 3.63) is 0 Å². The molecule has 2 amide bonds. The topological polar surface area (TPSA) is 169 Å². The number of carbonyl (C=O) groups is 7. The SMILES string of the molecule is CC(=O)O[C@@H](C(=O)OC(C)C(=O)OC(C)(C)C)[C@@H](OC(C)=O)C(=O)ON1C(=O)CCC1=O. The number of imide groups is 1. The largest absolute Gasteiger partial charge is 0.457 e. The Bertz CT molecular complexity index is 796. The molecule has 1 unspecified atom stereocenters. The number of hydrogen-bond donors (Lipinski definition) is 0. The van der Waals surface area contributed by atoms with Crippen molar-refractivity contribution in [1.29, 1.82) is 0 Å². The Hall–Kier alpha value is -3.51. The summed E-state index contributed by atoms with van der Waals surface area (Å²) >= 11 is 0. The van der Waals surface area contributed by atoms with Crippen LogP contribution in [0.5, 0.6) is 0 Å². The van der Waals surface area contributed by atoms with Gasteiger partial charge in [-0.2, -0.15) is 0 Å². The number of carbonyl (C=O) groups excluding carboxylic acids is 7. The molecule has 0 spiro atoms. The van der Waals surface area contributed by atoms with E-state index >= 15 is 0 Å². The minimum Gasteiger partial charge on any atom is -0.457 e. The molecule has 32 heavy (non-hydrogen) atoms. The maximum Gasteiger partial charge on any atom is 0.377 e. The molecule has 3 atom stereocenters. The third-order valence-electron chi connectivity index (χ3n) is 3.54. The van der Waals surface area contributed by atoms with Gasteiger partial charge in [-0.1, -0.05) is 0 Å². The lowest BCUT2D eigenvalue weighted by molar-refractivity contribution is -0.214. The fourth-order valence-electron chi connectivity index (χ4n) is 2.30. The predicted molar refractivity (Wildman–Crippen MR) is 99.7 cm³/mol. The fraction of sp³-hybridized carbons (Fsp3) is 0.632. The van der Waals surface area contributed by atoms with E-state index in [1.165, 1.54) is 0 Å². The molecular weight excluding hydrogens is 434 g/mol. The Kier molecular flexibility index (Phi) is 8.86. The molecule has 0 radical (unpaired) electrons. The van der Waals surface area contributed by atoms with Crippen molar-refractivity contribution >= 4 is 41.7 Å². The van der Waals surface area contributed by atoms with Gasteiger partial charge in [0.1, 0.15) is 5.60 Å². The highest BCUT2D eigenvalue weighted by Crippen LogP contribution is 2.17. The molecule has 13 heteroatoms. The Balaban J connectivity index is 3.11. The van der Waals surface area contributed by atoms with Crippen molar-refractivity contribution in [2.24, 2.45) is 0 Å².